The van der Waals surface area contributed by atoms with Gasteiger partial charge in [-0.25, -0.2) is 0 Å². The lowest BCUT2D eigenvalue weighted by molar-refractivity contribution is -0.138. The minimum absolute atomic E-state index is 0.0648. The molecule has 2 atom stereocenters. The van der Waals surface area contributed by atoms with E-state index in [9.17, 15) is 4.79 Å². The number of hydrogen-bond donors (Lipinski definition) is 4. The number of allylic oxidation sites excluding steroid dienone is 3. The van der Waals surface area contributed by atoms with Crippen LogP contribution in [0, 0.1) is 5.92 Å². The first-order valence-corrected chi connectivity index (χ1v) is 7.63. The van der Waals surface area contributed by atoms with Crippen LogP contribution in [0.25, 0.3) is 0 Å². The second-order valence-electron chi connectivity index (χ2n) is 5.08. The highest BCUT2D eigenvalue weighted by atomic mass is 32.1. The Balaban J connectivity index is 1.85. The highest BCUT2D eigenvalue weighted by Gasteiger charge is 2.18. The third kappa shape index (κ3) is 4.96. The number of carboxylic acid groups (broad SMARTS) is 1. The predicted octanol–water partition coefficient (Wildman–Crippen LogP) is 2.43. The molecule has 0 bridgehead atoms. The van der Waals surface area contributed by atoms with Gasteiger partial charge in [-0.05, 0) is 30.3 Å². The van der Waals surface area contributed by atoms with Crippen molar-refractivity contribution < 1.29 is 9.90 Å². The number of carbonyl (C=O) groups is 1. The molecule has 4 N–H and O–H groups in total. The van der Waals surface area contributed by atoms with E-state index in [0.717, 1.165) is 5.56 Å². The molecule has 0 saturated carbocycles. The Labute approximate surface area is 140 Å². The predicted molar refractivity (Wildman–Crippen MR) is 94.4 cm³/mol. The smallest absolute Gasteiger partial charge is 0.314 e. The summed E-state index contributed by atoms with van der Waals surface area (Å²) < 4.78 is 0. The molecule has 1 aromatic rings. The molecule has 0 fully saturated rings. The molecule has 0 aromatic heterocycles. The summed E-state index contributed by atoms with van der Waals surface area (Å²) in [6.07, 6.45) is 8.48. The number of thiocarbonyl (C=S) groups is 1. The molecule has 2 rings (SSSR count). The van der Waals surface area contributed by atoms with Crippen LogP contribution in [0.1, 0.15) is 18.5 Å². The van der Waals surface area contributed by atoms with Crippen LogP contribution in [0.5, 0.6) is 0 Å². The fraction of sp³-hybridized carbons (Fsp3) is 0.176. The monoisotopic (exact) mass is 329 g/mol. The van der Waals surface area contributed by atoms with Crippen LogP contribution in [0.3, 0.4) is 0 Å². The zero-order valence-corrected chi connectivity index (χ0v) is 13.5. The molecular formula is C17H19N3O2S. The number of aliphatic carboxylic acids is 1. The van der Waals surface area contributed by atoms with Crippen molar-refractivity contribution in [2.75, 3.05) is 0 Å². The van der Waals surface area contributed by atoms with Crippen molar-refractivity contribution in [1.82, 2.24) is 16.2 Å². The third-order valence-corrected chi connectivity index (χ3v) is 3.62. The highest BCUT2D eigenvalue weighted by Crippen LogP contribution is 2.18. The molecule has 0 saturated heterocycles. The number of hydrogen-bond acceptors (Lipinski definition) is 3. The van der Waals surface area contributed by atoms with E-state index in [1.54, 1.807) is 30.5 Å². The summed E-state index contributed by atoms with van der Waals surface area (Å²) >= 11 is 5.22. The lowest BCUT2D eigenvalue weighted by Crippen LogP contribution is -2.42. The molecule has 0 aliphatic heterocycles. The van der Waals surface area contributed by atoms with Crippen molar-refractivity contribution in [1.29, 1.82) is 0 Å². The van der Waals surface area contributed by atoms with Gasteiger partial charge in [-0.2, -0.15) is 0 Å². The van der Waals surface area contributed by atoms with Gasteiger partial charge in [-0.1, -0.05) is 54.6 Å². The Bertz CT molecular complexity index is 653. The summed E-state index contributed by atoms with van der Waals surface area (Å²) in [6, 6.07) is 10.0. The van der Waals surface area contributed by atoms with E-state index in [1.165, 1.54) is 0 Å². The van der Waals surface area contributed by atoms with Gasteiger partial charge in [0, 0.05) is 6.20 Å². The first kappa shape index (κ1) is 16.8. The maximum absolute atomic E-state index is 11.2. The maximum Gasteiger partial charge on any atom is 0.314 e. The van der Waals surface area contributed by atoms with Crippen LogP contribution in [-0.4, -0.2) is 16.2 Å². The molecule has 0 heterocycles. The van der Waals surface area contributed by atoms with Crippen LogP contribution >= 0.6 is 12.2 Å². The molecular weight excluding hydrogens is 310 g/mol. The fourth-order valence-corrected chi connectivity index (χ4v) is 2.40. The number of hydrazine groups is 1. The minimum Gasteiger partial charge on any atom is -0.481 e. The maximum atomic E-state index is 11.2. The summed E-state index contributed by atoms with van der Waals surface area (Å²) in [6.45, 7) is 2.01. The Morgan fingerprint density at radius 2 is 2.04 bits per heavy atom. The fourth-order valence-electron chi connectivity index (χ4n) is 2.16. The SMILES string of the molecule is C[C@@H](NC(=S)NNC=C1C=CC=CC1C(=O)O)c1ccccc1. The van der Waals surface area contributed by atoms with Crippen molar-refractivity contribution in [2.24, 2.45) is 5.92 Å². The zero-order chi connectivity index (χ0) is 16.7. The highest BCUT2D eigenvalue weighted by molar-refractivity contribution is 7.80. The van der Waals surface area contributed by atoms with E-state index in [0.29, 0.717) is 10.7 Å². The topological polar surface area (TPSA) is 73.4 Å². The van der Waals surface area contributed by atoms with Crippen molar-refractivity contribution in [3.8, 4) is 0 Å². The van der Waals surface area contributed by atoms with Crippen molar-refractivity contribution in [2.45, 2.75) is 13.0 Å². The van der Waals surface area contributed by atoms with Gasteiger partial charge >= 0.3 is 5.97 Å². The standard InChI is InChI=1S/C17H19N3O2S/c1-12(13-7-3-2-4-8-13)19-17(23)20-18-11-14-9-5-6-10-15(14)16(21)22/h2-12,15,18H,1H3,(H,21,22)(H2,19,20,23)/t12-,15?/m1/s1. The summed E-state index contributed by atoms with van der Waals surface area (Å²) in [5.74, 6) is -1.55. The van der Waals surface area contributed by atoms with Gasteiger partial charge in [0.25, 0.3) is 0 Å². The number of nitrogens with one attached hydrogen (secondary N) is 3. The third-order valence-electron chi connectivity index (χ3n) is 3.40. The van der Waals surface area contributed by atoms with Crippen LogP contribution in [0.15, 0.2) is 66.4 Å². The molecule has 6 heteroatoms. The molecule has 0 amide bonds. The summed E-state index contributed by atoms with van der Waals surface area (Å²) in [4.78, 5) is 11.2. The van der Waals surface area contributed by atoms with E-state index >= 15 is 0 Å². The zero-order valence-electron chi connectivity index (χ0n) is 12.7. The van der Waals surface area contributed by atoms with Gasteiger partial charge in [0.05, 0.1) is 6.04 Å². The molecule has 5 nitrogen and oxygen atoms in total. The van der Waals surface area contributed by atoms with Gasteiger partial charge in [0.15, 0.2) is 5.11 Å². The lowest BCUT2D eigenvalue weighted by atomic mass is 9.96. The molecule has 1 aliphatic carbocycles. The van der Waals surface area contributed by atoms with Crippen molar-refractivity contribution in [3.63, 3.8) is 0 Å². The van der Waals surface area contributed by atoms with E-state index < -0.39 is 11.9 Å². The lowest BCUT2D eigenvalue weighted by Gasteiger charge is -2.18. The molecule has 1 aromatic carbocycles. The molecule has 0 radical (unpaired) electrons. The van der Waals surface area contributed by atoms with E-state index in [4.69, 9.17) is 17.3 Å². The quantitative estimate of drug-likeness (QED) is 0.491. The van der Waals surface area contributed by atoms with Crippen molar-refractivity contribution >= 4 is 23.3 Å². The second kappa shape index (κ2) is 8.14. The van der Waals surface area contributed by atoms with Crippen LogP contribution in [-0.2, 0) is 4.79 Å². The Hall–Kier alpha value is -2.60. The molecule has 23 heavy (non-hydrogen) atoms. The van der Waals surface area contributed by atoms with Crippen LogP contribution < -0.4 is 16.2 Å². The Kier molecular flexibility index (Phi) is 5.94. The summed E-state index contributed by atoms with van der Waals surface area (Å²) in [5.41, 5.74) is 7.44. The van der Waals surface area contributed by atoms with Crippen molar-refractivity contribution in [3.05, 3.63) is 72.0 Å². The second-order valence-corrected chi connectivity index (χ2v) is 5.49. The Morgan fingerprint density at radius 3 is 2.74 bits per heavy atom. The average Bonchev–Trinajstić information content (AvgIpc) is 2.56. The molecule has 1 unspecified atom stereocenters. The number of rotatable bonds is 5. The van der Waals surface area contributed by atoms with E-state index in [1.807, 2.05) is 37.3 Å². The van der Waals surface area contributed by atoms with Gasteiger partial charge in [0.2, 0.25) is 0 Å². The van der Waals surface area contributed by atoms with E-state index in [2.05, 4.69) is 16.2 Å². The average molecular weight is 329 g/mol. The number of benzene rings is 1. The first-order valence-electron chi connectivity index (χ1n) is 7.22. The van der Waals surface area contributed by atoms with Gasteiger partial charge in [0.1, 0.15) is 5.92 Å². The van der Waals surface area contributed by atoms with Gasteiger partial charge < -0.3 is 15.8 Å². The van der Waals surface area contributed by atoms with Gasteiger partial charge in [-0.3, -0.25) is 10.2 Å². The summed E-state index contributed by atoms with van der Waals surface area (Å²) in [5, 5.41) is 12.7. The van der Waals surface area contributed by atoms with E-state index in [-0.39, 0.29) is 6.04 Å². The summed E-state index contributed by atoms with van der Waals surface area (Å²) in [7, 11) is 0. The first-order chi connectivity index (χ1) is 11.1. The van der Waals surface area contributed by atoms with Crippen LogP contribution in [0.2, 0.25) is 0 Å². The van der Waals surface area contributed by atoms with Crippen LogP contribution in [0.4, 0.5) is 0 Å². The largest absolute Gasteiger partial charge is 0.481 e. The minimum atomic E-state index is -0.892. The normalized spacial score (nSPS) is 19.2. The van der Waals surface area contributed by atoms with Gasteiger partial charge in [-0.15, -0.1) is 0 Å². The number of carboxylic acids is 1. The molecule has 120 valence electrons. The molecule has 0 spiro atoms. The molecule has 1 aliphatic rings. The Morgan fingerprint density at radius 1 is 1.30 bits per heavy atom.